The standard InChI is InChI=1S/C29H34F2O6.H2O/c1-3-4-5-6-7-8-9-19-12-13-21(15-23(19)31)29(33)37-25-17-35-26-24(16-34-27(25)26)36-28(32)20-11-10-18(2)22(30)14-20;/h10-15,24-27H,3-9,16-17H2,1-2H3;1H2. The second kappa shape index (κ2) is 13.8. The molecular weight excluding hydrogens is 498 g/mol. The smallest absolute Gasteiger partial charge is 0.338 e. The highest BCUT2D eigenvalue weighted by Crippen LogP contribution is 2.31. The molecule has 0 bridgehead atoms. The molecule has 0 spiro atoms. The first-order valence-electron chi connectivity index (χ1n) is 13.1. The Morgan fingerprint density at radius 1 is 0.816 bits per heavy atom. The van der Waals surface area contributed by atoms with Crippen LogP contribution in [0.4, 0.5) is 8.78 Å². The summed E-state index contributed by atoms with van der Waals surface area (Å²) in [6.45, 7) is 3.90. The lowest BCUT2D eigenvalue weighted by molar-refractivity contribution is -0.0287. The Labute approximate surface area is 221 Å². The molecule has 4 rings (SSSR count). The van der Waals surface area contributed by atoms with Crippen molar-refractivity contribution in [1.29, 1.82) is 0 Å². The van der Waals surface area contributed by atoms with Gasteiger partial charge in [-0.05, 0) is 55.2 Å². The molecule has 2 aliphatic heterocycles. The number of benzene rings is 2. The van der Waals surface area contributed by atoms with Gasteiger partial charge in [0.15, 0.2) is 12.2 Å². The molecule has 9 heteroatoms. The lowest BCUT2D eigenvalue weighted by atomic mass is 10.0. The summed E-state index contributed by atoms with van der Waals surface area (Å²) in [5.74, 6) is -2.27. The lowest BCUT2D eigenvalue weighted by Gasteiger charge is -2.17. The van der Waals surface area contributed by atoms with Crippen molar-refractivity contribution in [3.8, 4) is 0 Å². The van der Waals surface area contributed by atoms with Gasteiger partial charge in [0.25, 0.3) is 0 Å². The molecule has 2 aromatic rings. The number of rotatable bonds is 11. The van der Waals surface area contributed by atoms with Crippen LogP contribution in [0.3, 0.4) is 0 Å². The third-order valence-corrected chi connectivity index (χ3v) is 6.98. The molecule has 0 amide bonds. The van der Waals surface area contributed by atoms with Crippen LogP contribution >= 0.6 is 0 Å². The van der Waals surface area contributed by atoms with Gasteiger partial charge in [0.05, 0.1) is 24.3 Å². The minimum atomic E-state index is -0.719. The van der Waals surface area contributed by atoms with Crippen molar-refractivity contribution < 1.29 is 42.8 Å². The first-order valence-corrected chi connectivity index (χ1v) is 13.1. The Balaban J connectivity index is 0.00000400. The maximum absolute atomic E-state index is 14.6. The van der Waals surface area contributed by atoms with E-state index in [-0.39, 0.29) is 29.8 Å². The number of aryl methyl sites for hydroxylation is 2. The van der Waals surface area contributed by atoms with Gasteiger partial charge in [0.1, 0.15) is 23.8 Å². The zero-order chi connectivity index (χ0) is 26.4. The number of carbonyl (C=O) groups is 2. The molecule has 208 valence electrons. The van der Waals surface area contributed by atoms with Crippen LogP contribution in [0.1, 0.15) is 77.3 Å². The third-order valence-electron chi connectivity index (χ3n) is 6.98. The number of carbonyl (C=O) groups excluding carboxylic acids is 2. The highest BCUT2D eigenvalue weighted by molar-refractivity contribution is 5.90. The number of hydrogen-bond acceptors (Lipinski definition) is 6. The van der Waals surface area contributed by atoms with Gasteiger partial charge in [0, 0.05) is 0 Å². The van der Waals surface area contributed by atoms with E-state index in [0.29, 0.717) is 17.5 Å². The van der Waals surface area contributed by atoms with Crippen molar-refractivity contribution in [2.24, 2.45) is 0 Å². The molecule has 2 fully saturated rings. The zero-order valence-corrected chi connectivity index (χ0v) is 21.8. The molecule has 38 heavy (non-hydrogen) atoms. The van der Waals surface area contributed by atoms with E-state index < -0.39 is 48.0 Å². The van der Waals surface area contributed by atoms with Crippen molar-refractivity contribution in [3.05, 3.63) is 70.3 Å². The normalized spacial score (nSPS) is 22.0. The largest absolute Gasteiger partial charge is 0.453 e. The molecule has 7 nitrogen and oxygen atoms in total. The van der Waals surface area contributed by atoms with Crippen LogP contribution in [0.15, 0.2) is 36.4 Å². The van der Waals surface area contributed by atoms with Gasteiger partial charge in [-0.25, -0.2) is 18.4 Å². The predicted molar refractivity (Wildman–Crippen MR) is 136 cm³/mol. The summed E-state index contributed by atoms with van der Waals surface area (Å²) in [6.07, 6.45) is 4.71. The molecule has 0 aliphatic carbocycles. The quantitative estimate of drug-likeness (QED) is 0.300. The number of ether oxygens (including phenoxy) is 4. The van der Waals surface area contributed by atoms with Gasteiger partial charge in [-0.3, -0.25) is 0 Å². The van der Waals surface area contributed by atoms with E-state index in [1.165, 1.54) is 37.5 Å². The van der Waals surface area contributed by atoms with Crippen LogP contribution in [0.5, 0.6) is 0 Å². The van der Waals surface area contributed by atoms with Crippen LogP contribution in [-0.4, -0.2) is 55.0 Å². The fourth-order valence-electron chi connectivity index (χ4n) is 4.73. The highest BCUT2D eigenvalue weighted by Gasteiger charge is 2.51. The van der Waals surface area contributed by atoms with Gasteiger partial charge in [-0.1, -0.05) is 51.2 Å². The topological polar surface area (TPSA) is 103 Å². The lowest BCUT2D eigenvalue weighted by Crippen LogP contribution is -2.36. The Bertz CT molecular complexity index is 1110. The molecule has 2 aromatic carbocycles. The molecule has 0 aromatic heterocycles. The Morgan fingerprint density at radius 2 is 1.34 bits per heavy atom. The van der Waals surface area contributed by atoms with E-state index >= 15 is 0 Å². The molecular formula is C29H36F2O7. The van der Waals surface area contributed by atoms with Crippen molar-refractivity contribution in [2.45, 2.75) is 83.2 Å². The number of esters is 2. The first-order chi connectivity index (χ1) is 17.9. The average Bonchev–Trinajstić information content (AvgIpc) is 3.47. The number of hydrogen-bond donors (Lipinski definition) is 0. The fourth-order valence-corrected chi connectivity index (χ4v) is 4.73. The Kier molecular flexibility index (Phi) is 10.8. The Hall–Kier alpha value is -2.88. The summed E-state index contributed by atoms with van der Waals surface area (Å²) in [5, 5.41) is 0. The summed E-state index contributed by atoms with van der Waals surface area (Å²) in [4.78, 5) is 25.2. The number of halogens is 2. The molecule has 4 unspecified atom stereocenters. The van der Waals surface area contributed by atoms with Gasteiger partial charge >= 0.3 is 11.9 Å². The molecule has 2 aliphatic rings. The van der Waals surface area contributed by atoms with E-state index in [0.717, 1.165) is 25.3 Å². The van der Waals surface area contributed by atoms with E-state index in [1.54, 1.807) is 19.1 Å². The van der Waals surface area contributed by atoms with E-state index in [9.17, 15) is 18.4 Å². The van der Waals surface area contributed by atoms with Gasteiger partial charge in [-0.2, -0.15) is 0 Å². The molecule has 0 saturated carbocycles. The van der Waals surface area contributed by atoms with Crippen LogP contribution < -0.4 is 0 Å². The van der Waals surface area contributed by atoms with E-state index in [4.69, 9.17) is 18.9 Å². The number of unbranched alkanes of at least 4 members (excludes halogenated alkanes) is 5. The third kappa shape index (κ3) is 7.15. The maximum atomic E-state index is 14.6. The van der Waals surface area contributed by atoms with Crippen molar-refractivity contribution in [2.75, 3.05) is 13.2 Å². The monoisotopic (exact) mass is 534 g/mol. The second-order valence-corrected chi connectivity index (χ2v) is 9.77. The van der Waals surface area contributed by atoms with Crippen LogP contribution in [-0.2, 0) is 25.4 Å². The summed E-state index contributed by atoms with van der Waals surface area (Å²) in [6, 6.07) is 8.55. The molecule has 0 radical (unpaired) electrons. The van der Waals surface area contributed by atoms with Crippen LogP contribution in [0, 0.1) is 18.6 Å². The summed E-state index contributed by atoms with van der Waals surface area (Å²) in [5.41, 5.74) is 1.23. The average molecular weight is 535 g/mol. The van der Waals surface area contributed by atoms with Crippen molar-refractivity contribution in [3.63, 3.8) is 0 Å². The second-order valence-electron chi connectivity index (χ2n) is 9.77. The molecule has 2 saturated heterocycles. The predicted octanol–water partition coefficient (Wildman–Crippen LogP) is 4.90. The summed E-state index contributed by atoms with van der Waals surface area (Å²) < 4.78 is 50.9. The minimum absolute atomic E-state index is 0. The van der Waals surface area contributed by atoms with Gasteiger partial charge in [-0.15, -0.1) is 0 Å². The molecule has 4 atom stereocenters. The van der Waals surface area contributed by atoms with Gasteiger partial charge < -0.3 is 24.4 Å². The first kappa shape index (κ1) is 29.7. The van der Waals surface area contributed by atoms with E-state index in [2.05, 4.69) is 6.92 Å². The van der Waals surface area contributed by atoms with Gasteiger partial charge in [0.2, 0.25) is 0 Å². The molecule has 2 N–H and O–H groups in total. The van der Waals surface area contributed by atoms with E-state index in [1.807, 2.05) is 0 Å². The van der Waals surface area contributed by atoms with Crippen molar-refractivity contribution in [1.82, 2.24) is 0 Å². The SMILES string of the molecule is CCCCCCCCc1ccc(C(=O)OC2COC3C(OC(=O)c4ccc(C)c(F)c4)COC23)cc1F.O. The Morgan fingerprint density at radius 3 is 1.89 bits per heavy atom. The molecule has 2 heterocycles. The van der Waals surface area contributed by atoms with Crippen LogP contribution in [0.2, 0.25) is 0 Å². The van der Waals surface area contributed by atoms with Crippen LogP contribution in [0.25, 0.3) is 0 Å². The zero-order valence-electron chi connectivity index (χ0n) is 21.8. The fraction of sp³-hybridized carbons (Fsp3) is 0.517. The maximum Gasteiger partial charge on any atom is 0.338 e. The summed E-state index contributed by atoms with van der Waals surface area (Å²) in [7, 11) is 0. The minimum Gasteiger partial charge on any atom is -0.453 e. The summed E-state index contributed by atoms with van der Waals surface area (Å²) >= 11 is 0. The van der Waals surface area contributed by atoms with Crippen molar-refractivity contribution >= 4 is 11.9 Å². The highest BCUT2D eigenvalue weighted by atomic mass is 19.1. The number of fused-ring (bicyclic) bond motifs is 1.